The molecule has 1 aromatic heterocycles. The molecule has 3 aromatic rings. The number of thioether (sulfide) groups is 1. The van der Waals surface area contributed by atoms with E-state index in [0.717, 1.165) is 11.1 Å². The fourth-order valence-corrected chi connectivity index (χ4v) is 4.98. The number of benzene rings is 2. The summed E-state index contributed by atoms with van der Waals surface area (Å²) in [7, 11) is 0. The van der Waals surface area contributed by atoms with Crippen molar-refractivity contribution in [1.82, 2.24) is 10.2 Å². The predicted octanol–water partition coefficient (Wildman–Crippen LogP) is 4.64. The van der Waals surface area contributed by atoms with Crippen molar-refractivity contribution in [3.63, 3.8) is 0 Å². The zero-order valence-corrected chi connectivity index (χ0v) is 14.8. The molecule has 1 aliphatic rings. The standard InChI is InChI=1S/C17H12ClN3OS2/c18-13-9-5-4-8-12(13)15-19-20-17(24-15)21-14(22)10-23-16(21)11-6-2-1-3-7-11/h1-9,16H,10H2. The van der Waals surface area contributed by atoms with Crippen LogP contribution in [0, 0.1) is 0 Å². The second-order valence-corrected chi connectivity index (χ2v) is 7.64. The van der Waals surface area contributed by atoms with Crippen LogP contribution in [0.2, 0.25) is 5.02 Å². The van der Waals surface area contributed by atoms with Gasteiger partial charge in [-0.25, -0.2) is 0 Å². The molecule has 4 nitrogen and oxygen atoms in total. The van der Waals surface area contributed by atoms with Gasteiger partial charge < -0.3 is 0 Å². The minimum Gasteiger partial charge on any atom is -0.273 e. The van der Waals surface area contributed by atoms with Gasteiger partial charge in [0.2, 0.25) is 11.0 Å². The number of carbonyl (C=O) groups excluding carboxylic acids is 1. The topological polar surface area (TPSA) is 46.1 Å². The van der Waals surface area contributed by atoms with Crippen LogP contribution in [0.5, 0.6) is 0 Å². The third-order valence-electron chi connectivity index (χ3n) is 3.68. The molecule has 0 aliphatic carbocycles. The van der Waals surface area contributed by atoms with E-state index >= 15 is 0 Å². The Balaban J connectivity index is 1.70. The van der Waals surface area contributed by atoms with Crippen molar-refractivity contribution in [1.29, 1.82) is 0 Å². The lowest BCUT2D eigenvalue weighted by molar-refractivity contribution is -0.115. The van der Waals surface area contributed by atoms with Gasteiger partial charge in [0.25, 0.3) is 0 Å². The van der Waals surface area contributed by atoms with E-state index in [1.54, 1.807) is 16.7 Å². The number of aromatic nitrogens is 2. The third kappa shape index (κ3) is 2.81. The van der Waals surface area contributed by atoms with Gasteiger partial charge in [0, 0.05) is 5.56 Å². The summed E-state index contributed by atoms with van der Waals surface area (Å²) in [5, 5.41) is 10.4. The van der Waals surface area contributed by atoms with Crippen LogP contribution in [-0.2, 0) is 4.79 Å². The molecule has 0 N–H and O–H groups in total. The van der Waals surface area contributed by atoms with Crippen molar-refractivity contribution in [3.05, 3.63) is 65.2 Å². The quantitative estimate of drug-likeness (QED) is 0.671. The van der Waals surface area contributed by atoms with Gasteiger partial charge >= 0.3 is 0 Å². The molecule has 1 aliphatic heterocycles. The Morgan fingerprint density at radius 3 is 2.58 bits per heavy atom. The Morgan fingerprint density at radius 2 is 1.79 bits per heavy atom. The summed E-state index contributed by atoms with van der Waals surface area (Å²) in [5.74, 6) is 0.497. The smallest absolute Gasteiger partial charge is 0.240 e. The van der Waals surface area contributed by atoms with Gasteiger partial charge in [-0.2, -0.15) is 0 Å². The highest BCUT2D eigenvalue weighted by molar-refractivity contribution is 8.00. The van der Waals surface area contributed by atoms with E-state index in [1.165, 1.54) is 11.3 Å². The molecule has 0 saturated carbocycles. The highest BCUT2D eigenvalue weighted by Crippen LogP contribution is 2.44. The second kappa shape index (κ2) is 6.55. The van der Waals surface area contributed by atoms with Gasteiger partial charge in [-0.1, -0.05) is 71.5 Å². The summed E-state index contributed by atoms with van der Waals surface area (Å²) in [6, 6.07) is 17.5. The fourth-order valence-electron chi connectivity index (χ4n) is 2.55. The van der Waals surface area contributed by atoms with Crippen molar-refractivity contribution in [2.24, 2.45) is 0 Å². The Labute approximate surface area is 152 Å². The maximum absolute atomic E-state index is 12.4. The monoisotopic (exact) mass is 373 g/mol. The Morgan fingerprint density at radius 1 is 1.04 bits per heavy atom. The summed E-state index contributed by atoms with van der Waals surface area (Å²) in [6.45, 7) is 0. The van der Waals surface area contributed by atoms with Crippen LogP contribution in [-0.4, -0.2) is 21.9 Å². The highest BCUT2D eigenvalue weighted by atomic mass is 35.5. The number of carbonyl (C=O) groups is 1. The molecule has 0 bridgehead atoms. The maximum atomic E-state index is 12.4. The lowest BCUT2D eigenvalue weighted by Crippen LogP contribution is -2.27. The van der Waals surface area contributed by atoms with Crippen LogP contribution in [0.4, 0.5) is 5.13 Å². The molecular formula is C17H12ClN3OS2. The molecule has 0 spiro atoms. The normalized spacial score (nSPS) is 17.5. The van der Waals surface area contributed by atoms with Gasteiger partial charge in [0.05, 0.1) is 10.8 Å². The van der Waals surface area contributed by atoms with Crippen molar-refractivity contribution in [3.8, 4) is 10.6 Å². The van der Waals surface area contributed by atoms with Crippen molar-refractivity contribution >= 4 is 45.7 Å². The van der Waals surface area contributed by atoms with Crippen LogP contribution in [0.1, 0.15) is 10.9 Å². The zero-order chi connectivity index (χ0) is 16.5. The average molecular weight is 374 g/mol. The number of hydrogen-bond donors (Lipinski definition) is 0. The summed E-state index contributed by atoms with van der Waals surface area (Å²) in [6.07, 6.45) is 0. The predicted molar refractivity (Wildman–Crippen MR) is 99.5 cm³/mol. The van der Waals surface area contributed by atoms with Crippen LogP contribution >= 0.6 is 34.7 Å². The molecule has 7 heteroatoms. The van der Waals surface area contributed by atoms with E-state index in [1.807, 2.05) is 54.6 Å². The Kier molecular flexibility index (Phi) is 4.26. The number of rotatable bonds is 3. The number of nitrogens with zero attached hydrogens (tertiary/aromatic N) is 3. The number of hydrogen-bond acceptors (Lipinski definition) is 5. The minimum atomic E-state index is -0.0641. The van der Waals surface area contributed by atoms with Crippen LogP contribution in [0.15, 0.2) is 54.6 Å². The van der Waals surface area contributed by atoms with Crippen LogP contribution in [0.25, 0.3) is 10.6 Å². The first-order valence-corrected chi connectivity index (χ1v) is 9.55. The maximum Gasteiger partial charge on any atom is 0.240 e. The first-order chi connectivity index (χ1) is 11.7. The molecule has 0 radical (unpaired) electrons. The van der Waals surface area contributed by atoms with Crippen LogP contribution < -0.4 is 4.90 Å². The zero-order valence-electron chi connectivity index (χ0n) is 12.4. The first-order valence-electron chi connectivity index (χ1n) is 7.31. The largest absolute Gasteiger partial charge is 0.273 e. The number of halogens is 1. The average Bonchev–Trinajstić information content (AvgIpc) is 3.22. The lowest BCUT2D eigenvalue weighted by atomic mass is 10.2. The van der Waals surface area contributed by atoms with Crippen LogP contribution in [0.3, 0.4) is 0 Å². The van der Waals surface area contributed by atoms with Gasteiger partial charge in [0.15, 0.2) is 5.01 Å². The molecule has 1 saturated heterocycles. The van der Waals surface area contributed by atoms with E-state index in [4.69, 9.17) is 11.6 Å². The molecular weight excluding hydrogens is 362 g/mol. The first kappa shape index (κ1) is 15.6. The van der Waals surface area contributed by atoms with Gasteiger partial charge in [0.1, 0.15) is 5.37 Å². The molecule has 1 fully saturated rings. The summed E-state index contributed by atoms with van der Waals surface area (Å²) >= 11 is 9.22. The molecule has 2 heterocycles. The van der Waals surface area contributed by atoms with Gasteiger partial charge in [-0.05, 0) is 11.6 Å². The third-order valence-corrected chi connectivity index (χ3v) is 6.18. The van der Waals surface area contributed by atoms with Crippen molar-refractivity contribution in [2.75, 3.05) is 10.7 Å². The summed E-state index contributed by atoms with van der Waals surface area (Å²) in [5.41, 5.74) is 1.92. The number of amides is 1. The molecule has 24 heavy (non-hydrogen) atoms. The fraction of sp³-hybridized carbons (Fsp3) is 0.118. The van der Waals surface area contributed by atoms with E-state index in [0.29, 0.717) is 20.9 Å². The molecule has 1 atom stereocenters. The minimum absolute atomic E-state index is 0.0516. The Bertz CT molecular complexity index is 884. The molecule has 120 valence electrons. The van der Waals surface area contributed by atoms with E-state index in [9.17, 15) is 4.79 Å². The van der Waals surface area contributed by atoms with Gasteiger partial charge in [-0.15, -0.1) is 22.0 Å². The molecule has 4 rings (SSSR count). The van der Waals surface area contributed by atoms with Crippen molar-refractivity contribution in [2.45, 2.75) is 5.37 Å². The highest BCUT2D eigenvalue weighted by Gasteiger charge is 2.36. The summed E-state index contributed by atoms with van der Waals surface area (Å²) in [4.78, 5) is 14.1. The molecule has 2 aromatic carbocycles. The summed E-state index contributed by atoms with van der Waals surface area (Å²) < 4.78 is 0. The molecule has 1 amide bonds. The number of anilines is 1. The molecule has 1 unspecified atom stereocenters. The SMILES string of the molecule is O=C1CSC(c2ccccc2)N1c1nnc(-c2ccccc2Cl)s1. The lowest BCUT2D eigenvalue weighted by Gasteiger charge is -2.20. The second-order valence-electron chi connectivity index (χ2n) is 5.21. The van der Waals surface area contributed by atoms with E-state index in [-0.39, 0.29) is 11.3 Å². The van der Waals surface area contributed by atoms with Gasteiger partial charge in [-0.3, -0.25) is 9.69 Å². The van der Waals surface area contributed by atoms with Crippen molar-refractivity contribution < 1.29 is 4.79 Å². The van der Waals surface area contributed by atoms with E-state index in [2.05, 4.69) is 10.2 Å². The Hall–Kier alpha value is -1.89. The van der Waals surface area contributed by atoms with E-state index < -0.39 is 0 Å².